The number of hydrogen-bond donors (Lipinski definition) is 0. The van der Waals surface area contributed by atoms with Crippen molar-refractivity contribution < 1.29 is 13.7 Å². The molecule has 3 rings (SSSR count). The van der Waals surface area contributed by atoms with Gasteiger partial charge in [-0.3, -0.25) is 9.19 Å². The van der Waals surface area contributed by atoms with E-state index in [2.05, 4.69) is 9.97 Å². The number of ether oxygens (including phenoxy) is 2. The molecule has 0 aliphatic rings. The molecular weight excluding hydrogens is 350 g/mol. The van der Waals surface area contributed by atoms with E-state index in [4.69, 9.17) is 9.47 Å². The van der Waals surface area contributed by atoms with E-state index in [0.29, 0.717) is 24.1 Å². The number of hydrogen-bond acceptors (Lipinski definition) is 5. The minimum Gasteiger partial charge on any atom is -0.493 e. The van der Waals surface area contributed by atoms with Gasteiger partial charge in [0, 0.05) is 38.9 Å². The lowest BCUT2D eigenvalue weighted by Crippen LogP contribution is -2.08. The molecule has 1 aromatic carbocycles. The number of aromatic nitrogens is 3. The number of fused-ring (bicyclic) bond motifs is 1. The summed E-state index contributed by atoms with van der Waals surface area (Å²) in [6.07, 6.45) is 2.51. The lowest BCUT2D eigenvalue weighted by Gasteiger charge is -2.12. The average Bonchev–Trinajstić information content (AvgIpc) is 2.99. The Kier molecular flexibility index (Phi) is 6.00. The van der Waals surface area contributed by atoms with E-state index in [1.807, 2.05) is 48.9 Å². The van der Waals surface area contributed by atoms with Crippen LogP contribution in [0.2, 0.25) is 0 Å². The van der Waals surface area contributed by atoms with E-state index in [0.717, 1.165) is 34.5 Å². The standard InChI is InChI=1S/C19H23N3O3S/c1-14-16(20-10-9-18(14)25-12-6-11-24-3)13-26(23)19-21-15-7-4-5-8-17(15)22(19)2/h4-5,7-10H,6,11-13H2,1-3H3. The maximum Gasteiger partial charge on any atom is 0.200 e. The number of imidazole rings is 1. The van der Waals surface area contributed by atoms with Gasteiger partial charge in [0.15, 0.2) is 5.16 Å². The van der Waals surface area contributed by atoms with Crippen LogP contribution in [-0.2, 0) is 28.3 Å². The third-order valence-electron chi connectivity index (χ3n) is 4.23. The van der Waals surface area contributed by atoms with Crippen LogP contribution in [0.25, 0.3) is 11.0 Å². The van der Waals surface area contributed by atoms with E-state index >= 15 is 0 Å². The summed E-state index contributed by atoms with van der Waals surface area (Å²) >= 11 is 0. The van der Waals surface area contributed by atoms with Crippen molar-refractivity contribution in [2.45, 2.75) is 24.3 Å². The van der Waals surface area contributed by atoms with Crippen LogP contribution in [0.15, 0.2) is 41.7 Å². The molecule has 0 radical (unpaired) electrons. The number of benzene rings is 1. The quantitative estimate of drug-likeness (QED) is 0.568. The van der Waals surface area contributed by atoms with Crippen molar-refractivity contribution in [3.63, 3.8) is 0 Å². The number of para-hydroxylation sites is 2. The first kappa shape index (κ1) is 18.5. The predicted molar refractivity (Wildman–Crippen MR) is 102 cm³/mol. The van der Waals surface area contributed by atoms with Gasteiger partial charge in [-0.05, 0) is 25.1 Å². The van der Waals surface area contributed by atoms with E-state index in [1.54, 1.807) is 13.3 Å². The van der Waals surface area contributed by atoms with Gasteiger partial charge in [0.25, 0.3) is 0 Å². The second-order valence-electron chi connectivity index (χ2n) is 6.01. The molecule has 0 saturated heterocycles. The first-order valence-corrected chi connectivity index (χ1v) is 9.79. The van der Waals surface area contributed by atoms with E-state index in [-0.39, 0.29) is 0 Å². The molecule has 7 heteroatoms. The summed E-state index contributed by atoms with van der Waals surface area (Å²) in [5, 5.41) is 0.554. The SMILES string of the molecule is COCCCOc1ccnc(CS(=O)c2nc3ccccc3n2C)c1C. The molecule has 0 bridgehead atoms. The summed E-state index contributed by atoms with van der Waals surface area (Å²) in [5.41, 5.74) is 3.49. The molecule has 0 fully saturated rings. The molecule has 138 valence electrons. The van der Waals surface area contributed by atoms with E-state index in [9.17, 15) is 4.21 Å². The number of aryl methyl sites for hydroxylation is 1. The van der Waals surface area contributed by atoms with Crippen LogP contribution < -0.4 is 4.74 Å². The lowest BCUT2D eigenvalue weighted by molar-refractivity contribution is 0.172. The fraction of sp³-hybridized carbons (Fsp3) is 0.368. The molecule has 1 atom stereocenters. The molecule has 0 amide bonds. The van der Waals surface area contributed by atoms with Crippen molar-refractivity contribution in [2.75, 3.05) is 20.3 Å². The zero-order chi connectivity index (χ0) is 18.5. The Bertz CT molecular complexity index is 924. The van der Waals surface area contributed by atoms with Gasteiger partial charge < -0.3 is 14.0 Å². The van der Waals surface area contributed by atoms with Crippen LogP contribution in [0.5, 0.6) is 5.75 Å². The topological polar surface area (TPSA) is 66.2 Å². The molecule has 0 aliphatic heterocycles. The van der Waals surface area contributed by atoms with Gasteiger partial charge in [0.1, 0.15) is 5.75 Å². The predicted octanol–water partition coefficient (Wildman–Crippen LogP) is 3.00. The van der Waals surface area contributed by atoms with Gasteiger partial charge >= 0.3 is 0 Å². The molecule has 26 heavy (non-hydrogen) atoms. The van der Waals surface area contributed by atoms with Gasteiger partial charge in [0.05, 0.1) is 39.9 Å². The molecule has 3 aromatic rings. The summed E-state index contributed by atoms with van der Waals surface area (Å²) in [6, 6.07) is 9.61. The van der Waals surface area contributed by atoms with Crippen molar-refractivity contribution in [3.8, 4) is 5.75 Å². The molecular formula is C19H23N3O3S. The van der Waals surface area contributed by atoms with Gasteiger partial charge in [-0.2, -0.15) is 0 Å². The number of rotatable bonds is 8. The van der Waals surface area contributed by atoms with Gasteiger partial charge in [0.2, 0.25) is 0 Å². The largest absolute Gasteiger partial charge is 0.493 e. The fourth-order valence-electron chi connectivity index (χ4n) is 2.76. The third kappa shape index (κ3) is 3.94. The van der Waals surface area contributed by atoms with Crippen molar-refractivity contribution in [1.29, 1.82) is 0 Å². The Balaban J connectivity index is 1.77. The molecule has 2 aromatic heterocycles. The number of pyridine rings is 1. The van der Waals surface area contributed by atoms with Crippen molar-refractivity contribution >= 4 is 21.8 Å². The lowest BCUT2D eigenvalue weighted by atomic mass is 10.2. The Hall–Kier alpha value is -2.25. The molecule has 0 saturated carbocycles. The molecule has 0 N–H and O–H groups in total. The normalized spacial score (nSPS) is 12.4. The zero-order valence-electron chi connectivity index (χ0n) is 15.3. The Morgan fingerprint density at radius 1 is 1.19 bits per heavy atom. The highest BCUT2D eigenvalue weighted by atomic mass is 32.2. The summed E-state index contributed by atoms with van der Waals surface area (Å²) in [5.74, 6) is 1.08. The Morgan fingerprint density at radius 2 is 2.00 bits per heavy atom. The third-order valence-corrected chi connectivity index (χ3v) is 5.53. The average molecular weight is 373 g/mol. The van der Waals surface area contributed by atoms with Gasteiger partial charge in [-0.25, -0.2) is 4.98 Å². The monoisotopic (exact) mass is 373 g/mol. The smallest absolute Gasteiger partial charge is 0.200 e. The first-order valence-electron chi connectivity index (χ1n) is 8.48. The van der Waals surface area contributed by atoms with Crippen LogP contribution in [0, 0.1) is 6.92 Å². The molecule has 1 unspecified atom stereocenters. The summed E-state index contributed by atoms with van der Waals surface area (Å²) in [6.45, 7) is 3.18. The molecule has 0 aliphatic carbocycles. The van der Waals surface area contributed by atoms with E-state index in [1.165, 1.54) is 0 Å². The Labute approximate surface area is 155 Å². The van der Waals surface area contributed by atoms with Crippen LogP contribution in [0.1, 0.15) is 17.7 Å². The van der Waals surface area contributed by atoms with Gasteiger partial charge in [-0.15, -0.1) is 0 Å². The van der Waals surface area contributed by atoms with E-state index < -0.39 is 10.8 Å². The van der Waals surface area contributed by atoms with Crippen molar-refractivity contribution in [3.05, 3.63) is 47.8 Å². The second-order valence-corrected chi connectivity index (χ2v) is 7.35. The van der Waals surface area contributed by atoms with Crippen LogP contribution in [0.4, 0.5) is 0 Å². The minimum absolute atomic E-state index is 0.304. The highest BCUT2D eigenvalue weighted by molar-refractivity contribution is 7.84. The number of nitrogens with zero attached hydrogens (tertiary/aromatic N) is 3. The highest BCUT2D eigenvalue weighted by Gasteiger charge is 2.17. The maximum absolute atomic E-state index is 12.9. The molecule has 6 nitrogen and oxygen atoms in total. The summed E-state index contributed by atoms with van der Waals surface area (Å²) in [7, 11) is 2.27. The fourth-order valence-corrected chi connectivity index (χ4v) is 4.03. The second kappa shape index (κ2) is 8.42. The molecule has 0 spiro atoms. The summed E-state index contributed by atoms with van der Waals surface area (Å²) < 4.78 is 25.6. The molecule has 2 heterocycles. The maximum atomic E-state index is 12.9. The Morgan fingerprint density at radius 3 is 2.77 bits per heavy atom. The van der Waals surface area contributed by atoms with Gasteiger partial charge in [-0.1, -0.05) is 12.1 Å². The van der Waals surface area contributed by atoms with Crippen molar-refractivity contribution in [2.24, 2.45) is 7.05 Å². The van der Waals surface area contributed by atoms with Crippen molar-refractivity contribution in [1.82, 2.24) is 14.5 Å². The van der Waals surface area contributed by atoms with Crippen LogP contribution in [0.3, 0.4) is 0 Å². The van der Waals surface area contributed by atoms with Crippen LogP contribution in [-0.4, -0.2) is 39.1 Å². The zero-order valence-corrected chi connectivity index (χ0v) is 16.1. The number of methoxy groups -OCH3 is 1. The van der Waals surface area contributed by atoms with Crippen LogP contribution >= 0.6 is 0 Å². The minimum atomic E-state index is -1.29. The highest BCUT2D eigenvalue weighted by Crippen LogP contribution is 2.23. The summed E-state index contributed by atoms with van der Waals surface area (Å²) in [4.78, 5) is 8.92. The first-order chi connectivity index (χ1) is 12.6.